The number of halogens is 1. The second-order valence-corrected chi connectivity index (χ2v) is 8.29. The largest absolute Gasteiger partial charge is 0.370 e. The van der Waals surface area contributed by atoms with E-state index in [1.54, 1.807) is 47.2 Å². The van der Waals surface area contributed by atoms with Crippen LogP contribution in [0.5, 0.6) is 0 Å². The Balaban J connectivity index is 1.22. The van der Waals surface area contributed by atoms with Crippen molar-refractivity contribution in [2.45, 2.75) is 25.4 Å². The third-order valence-corrected chi connectivity index (χ3v) is 5.96. The van der Waals surface area contributed by atoms with Crippen LogP contribution in [0, 0.1) is 0 Å². The summed E-state index contributed by atoms with van der Waals surface area (Å²) in [6.45, 7) is 2.19. The molecule has 0 radical (unpaired) electrons. The number of primary amides is 1. The average molecular weight is 473 g/mol. The van der Waals surface area contributed by atoms with Gasteiger partial charge in [0, 0.05) is 31.7 Å². The Kier molecular flexibility index (Phi) is 6.99. The Bertz CT molecular complexity index is 1130. The molecule has 0 saturated carbocycles. The molecule has 12 heteroatoms. The Morgan fingerprint density at radius 3 is 2.67 bits per heavy atom. The molecule has 11 nitrogen and oxygen atoms in total. The zero-order chi connectivity index (χ0) is 23.4. The molecule has 0 spiro atoms. The highest BCUT2D eigenvalue weighted by atomic mass is 35.5. The fraction of sp³-hybridized carbons (Fsp3) is 0.429. The molecule has 1 aromatic carbocycles. The second-order valence-electron chi connectivity index (χ2n) is 7.86. The van der Waals surface area contributed by atoms with Gasteiger partial charge in [0.15, 0.2) is 0 Å². The first kappa shape index (κ1) is 22.9. The number of anilines is 1. The minimum atomic E-state index is -0.513. The number of carbonyl (C=O) groups is 2. The molecule has 1 aliphatic rings. The molecule has 2 N–H and O–H groups in total. The van der Waals surface area contributed by atoms with Gasteiger partial charge in [0.25, 0.3) is 0 Å². The number of carbonyl (C=O) groups excluding carboxylic acids is 2. The van der Waals surface area contributed by atoms with Gasteiger partial charge in [0.05, 0.1) is 36.1 Å². The minimum absolute atomic E-state index is 0.0177. The fourth-order valence-corrected chi connectivity index (χ4v) is 3.92. The van der Waals surface area contributed by atoms with Crippen molar-refractivity contribution < 1.29 is 14.3 Å². The van der Waals surface area contributed by atoms with Gasteiger partial charge in [-0.15, -0.1) is 5.10 Å². The monoisotopic (exact) mass is 472 g/mol. The first-order chi connectivity index (χ1) is 15.9. The molecule has 174 valence electrons. The maximum Gasteiger partial charge on any atom is 0.248 e. The normalized spacial score (nSPS) is 14.5. The number of rotatable bonds is 8. The van der Waals surface area contributed by atoms with Crippen LogP contribution >= 0.6 is 11.6 Å². The number of hydrogen-bond acceptors (Lipinski definition) is 8. The van der Waals surface area contributed by atoms with Gasteiger partial charge in [0.1, 0.15) is 12.1 Å². The maximum atomic E-state index is 12.6. The van der Waals surface area contributed by atoms with Crippen molar-refractivity contribution in [1.82, 2.24) is 29.9 Å². The second kappa shape index (κ2) is 10.1. The van der Waals surface area contributed by atoms with Crippen LogP contribution in [0.2, 0.25) is 5.02 Å². The van der Waals surface area contributed by atoms with Gasteiger partial charge in [-0.25, -0.2) is 14.6 Å². The zero-order valence-electron chi connectivity index (χ0n) is 18.2. The summed E-state index contributed by atoms with van der Waals surface area (Å²) in [4.78, 5) is 36.3. The summed E-state index contributed by atoms with van der Waals surface area (Å²) < 4.78 is 7.22. The Labute approximate surface area is 195 Å². The lowest BCUT2D eigenvalue weighted by molar-refractivity contribution is -0.137. The molecule has 2 aromatic heterocycles. The van der Waals surface area contributed by atoms with Crippen molar-refractivity contribution in [2.24, 2.45) is 5.73 Å². The number of ether oxygens (including phenoxy) is 1. The number of nitrogens with two attached hydrogens (primary N) is 1. The van der Waals surface area contributed by atoms with E-state index in [9.17, 15) is 9.59 Å². The third-order valence-electron chi connectivity index (χ3n) is 5.77. The van der Waals surface area contributed by atoms with Gasteiger partial charge >= 0.3 is 0 Å². The lowest BCUT2D eigenvalue weighted by Gasteiger charge is -2.36. The summed E-state index contributed by atoms with van der Waals surface area (Å²) >= 11 is 5.85. The minimum Gasteiger partial charge on any atom is -0.370 e. The quantitative estimate of drug-likeness (QED) is 0.482. The highest BCUT2D eigenvalue weighted by Crippen LogP contribution is 2.20. The molecular formula is C21H25ClN8O3. The van der Waals surface area contributed by atoms with Gasteiger partial charge in [-0.3, -0.25) is 9.59 Å². The van der Waals surface area contributed by atoms with Crippen molar-refractivity contribution in [1.29, 1.82) is 0 Å². The van der Waals surface area contributed by atoms with E-state index in [4.69, 9.17) is 22.1 Å². The number of nitrogens with zero attached hydrogens (tertiary/aromatic N) is 7. The molecule has 0 aliphatic carbocycles. The van der Waals surface area contributed by atoms with Crippen LogP contribution < -0.4 is 10.6 Å². The number of hydrogen-bond donors (Lipinski definition) is 1. The van der Waals surface area contributed by atoms with E-state index in [-0.39, 0.29) is 25.2 Å². The highest BCUT2D eigenvalue weighted by molar-refractivity contribution is 6.30. The van der Waals surface area contributed by atoms with Gasteiger partial charge in [0.2, 0.25) is 17.8 Å². The van der Waals surface area contributed by atoms with Crippen molar-refractivity contribution in [3.05, 3.63) is 41.2 Å². The lowest BCUT2D eigenvalue weighted by Crippen LogP contribution is -2.47. The molecule has 1 aliphatic heterocycles. The van der Waals surface area contributed by atoms with E-state index in [0.29, 0.717) is 34.1 Å². The van der Waals surface area contributed by atoms with Gasteiger partial charge in [-0.2, -0.15) is 0 Å². The van der Waals surface area contributed by atoms with Gasteiger partial charge in [-0.05, 0) is 31.0 Å². The predicted molar refractivity (Wildman–Crippen MR) is 122 cm³/mol. The summed E-state index contributed by atoms with van der Waals surface area (Å²) in [7, 11) is 1.81. The predicted octanol–water partition coefficient (Wildman–Crippen LogP) is 1.12. The van der Waals surface area contributed by atoms with Crippen LogP contribution in [0.3, 0.4) is 0 Å². The van der Waals surface area contributed by atoms with Crippen LogP contribution in [0.25, 0.3) is 11.0 Å². The molecule has 1 saturated heterocycles. The number of aromatic nitrogens is 5. The Morgan fingerprint density at radius 1 is 1.24 bits per heavy atom. The van der Waals surface area contributed by atoms with E-state index < -0.39 is 5.91 Å². The summed E-state index contributed by atoms with van der Waals surface area (Å²) in [5.74, 6) is 0.0652. The average Bonchev–Trinajstić information content (AvgIpc) is 3.24. The van der Waals surface area contributed by atoms with Gasteiger partial charge < -0.3 is 20.3 Å². The SMILES string of the molecule is CN(C(=O)COCCn1nnc2ccc(C(N)=O)cc21)C1CCN(c2ncc(Cl)cn2)CC1. The number of benzene rings is 1. The summed E-state index contributed by atoms with van der Waals surface area (Å²) in [6, 6.07) is 5.10. The third kappa shape index (κ3) is 5.37. The van der Waals surface area contributed by atoms with Crippen molar-refractivity contribution in [3.63, 3.8) is 0 Å². The van der Waals surface area contributed by atoms with Crippen LogP contribution in [0.4, 0.5) is 5.95 Å². The van der Waals surface area contributed by atoms with Crippen LogP contribution in [0.1, 0.15) is 23.2 Å². The summed E-state index contributed by atoms with van der Waals surface area (Å²) in [5, 5.41) is 8.65. The van der Waals surface area contributed by atoms with Crippen molar-refractivity contribution in [2.75, 3.05) is 38.3 Å². The molecule has 0 bridgehead atoms. The van der Waals surface area contributed by atoms with Crippen molar-refractivity contribution >= 4 is 40.4 Å². The number of piperidine rings is 1. The maximum absolute atomic E-state index is 12.6. The van der Waals surface area contributed by atoms with E-state index in [2.05, 4.69) is 25.2 Å². The molecule has 0 unspecified atom stereocenters. The molecule has 33 heavy (non-hydrogen) atoms. The van der Waals surface area contributed by atoms with Crippen molar-refractivity contribution in [3.8, 4) is 0 Å². The lowest BCUT2D eigenvalue weighted by atomic mass is 10.0. The first-order valence-electron chi connectivity index (χ1n) is 10.6. The molecule has 3 aromatic rings. The Hall–Kier alpha value is -3.31. The molecular weight excluding hydrogens is 448 g/mol. The summed E-state index contributed by atoms with van der Waals surface area (Å²) in [5.41, 5.74) is 7.08. The molecule has 4 rings (SSSR count). The smallest absolute Gasteiger partial charge is 0.248 e. The standard InChI is InChI=1S/C21H25ClN8O3/c1-28(16-4-6-29(7-5-16)21-24-11-15(22)12-25-21)19(31)13-33-9-8-30-18-10-14(20(23)32)2-3-17(18)26-27-30/h2-3,10-12,16H,4-9,13H2,1H3,(H2,23,32). The molecule has 3 heterocycles. The van der Waals surface area contributed by atoms with E-state index >= 15 is 0 Å². The topological polar surface area (TPSA) is 132 Å². The van der Waals surface area contributed by atoms with E-state index in [1.807, 2.05) is 0 Å². The van der Waals surface area contributed by atoms with E-state index in [0.717, 1.165) is 25.9 Å². The molecule has 0 atom stereocenters. The molecule has 1 fully saturated rings. The number of amides is 2. The van der Waals surface area contributed by atoms with Crippen LogP contribution in [0.15, 0.2) is 30.6 Å². The number of likely N-dealkylation sites (N-methyl/N-ethyl adjacent to an activating group) is 1. The highest BCUT2D eigenvalue weighted by Gasteiger charge is 2.26. The Morgan fingerprint density at radius 2 is 1.97 bits per heavy atom. The van der Waals surface area contributed by atoms with Crippen LogP contribution in [-0.4, -0.2) is 81.1 Å². The molecule has 2 amide bonds. The van der Waals surface area contributed by atoms with Crippen LogP contribution in [-0.2, 0) is 16.1 Å². The number of fused-ring (bicyclic) bond motifs is 1. The zero-order valence-corrected chi connectivity index (χ0v) is 19.0. The fourth-order valence-electron chi connectivity index (χ4n) is 3.82. The van der Waals surface area contributed by atoms with E-state index in [1.165, 1.54) is 0 Å². The summed E-state index contributed by atoms with van der Waals surface area (Å²) in [6.07, 6.45) is 4.81. The first-order valence-corrected chi connectivity index (χ1v) is 11.0. The van der Waals surface area contributed by atoms with Gasteiger partial charge in [-0.1, -0.05) is 16.8 Å².